The first kappa shape index (κ1) is 16.5. The third kappa shape index (κ3) is 4.08. The number of ether oxygens (including phenoxy) is 1. The van der Waals surface area contributed by atoms with E-state index in [1.165, 1.54) is 4.57 Å². The summed E-state index contributed by atoms with van der Waals surface area (Å²) in [5.41, 5.74) is 5.78. The Morgan fingerprint density at radius 3 is 3.00 bits per heavy atom. The molecule has 1 aliphatic heterocycles. The van der Waals surface area contributed by atoms with Crippen LogP contribution in [0.3, 0.4) is 0 Å². The Morgan fingerprint density at radius 1 is 1.71 bits per heavy atom. The molecule has 0 saturated carbocycles. The molecule has 118 valence electrons. The van der Waals surface area contributed by atoms with Gasteiger partial charge in [-0.15, -0.1) is 0 Å². The Kier molecular flexibility index (Phi) is 4.79. The highest BCUT2D eigenvalue weighted by Gasteiger charge is 2.35. The van der Waals surface area contributed by atoms with Crippen LogP contribution < -0.4 is 11.4 Å². The molecular formula is C11H18N3O5PS. The van der Waals surface area contributed by atoms with Crippen molar-refractivity contribution in [3.63, 3.8) is 0 Å². The monoisotopic (exact) mass is 335 g/mol. The molecule has 1 aromatic rings. The summed E-state index contributed by atoms with van der Waals surface area (Å²) in [4.78, 5) is 24.6. The number of nitrogens with zero attached hydrogens (tertiary/aromatic N) is 2. The van der Waals surface area contributed by atoms with Crippen LogP contribution in [0, 0.1) is 12.8 Å². The SMILES string of the molecule is Cc1cn([C@H]2CC(C)[C@@H](COP(=O)(O)S)O2)c(=O)nc1N. The van der Waals surface area contributed by atoms with Crippen molar-refractivity contribution in [1.82, 2.24) is 9.55 Å². The van der Waals surface area contributed by atoms with Gasteiger partial charge in [-0.1, -0.05) is 19.2 Å². The lowest BCUT2D eigenvalue weighted by atomic mass is 10.0. The largest absolute Gasteiger partial charge is 0.383 e. The fourth-order valence-corrected chi connectivity index (χ4v) is 2.74. The second kappa shape index (κ2) is 6.10. The number of aryl methyl sites for hydroxylation is 1. The zero-order valence-corrected chi connectivity index (χ0v) is 13.5. The van der Waals surface area contributed by atoms with E-state index in [1.807, 2.05) is 6.92 Å². The van der Waals surface area contributed by atoms with Gasteiger partial charge in [0.05, 0.1) is 12.7 Å². The molecule has 2 heterocycles. The molecule has 1 aromatic heterocycles. The molecule has 0 amide bonds. The molecule has 3 N–H and O–H groups in total. The highest BCUT2D eigenvalue weighted by atomic mass is 32.7. The van der Waals surface area contributed by atoms with Crippen molar-refractivity contribution in [2.75, 3.05) is 12.3 Å². The van der Waals surface area contributed by atoms with Crippen LogP contribution in [0.1, 0.15) is 25.1 Å². The van der Waals surface area contributed by atoms with E-state index in [1.54, 1.807) is 13.1 Å². The minimum absolute atomic E-state index is 0.0552. The van der Waals surface area contributed by atoms with Gasteiger partial charge < -0.3 is 15.4 Å². The molecule has 8 nitrogen and oxygen atoms in total. The zero-order valence-electron chi connectivity index (χ0n) is 11.7. The molecule has 4 atom stereocenters. The molecule has 1 fully saturated rings. The van der Waals surface area contributed by atoms with Gasteiger partial charge in [-0.2, -0.15) is 4.98 Å². The van der Waals surface area contributed by atoms with E-state index in [0.717, 1.165) is 0 Å². The van der Waals surface area contributed by atoms with Crippen molar-refractivity contribution in [3.8, 4) is 0 Å². The van der Waals surface area contributed by atoms with Crippen LogP contribution in [-0.2, 0) is 13.8 Å². The van der Waals surface area contributed by atoms with Gasteiger partial charge in [0.15, 0.2) is 0 Å². The lowest BCUT2D eigenvalue weighted by Gasteiger charge is -2.17. The molecule has 1 saturated heterocycles. The van der Waals surface area contributed by atoms with Crippen LogP contribution in [0.4, 0.5) is 5.82 Å². The van der Waals surface area contributed by atoms with Crippen molar-refractivity contribution in [3.05, 3.63) is 22.2 Å². The Hall–Kier alpha value is -0.860. The number of anilines is 1. The molecule has 10 heteroatoms. The molecule has 0 aliphatic carbocycles. The first-order valence-corrected chi connectivity index (χ1v) is 9.11. The molecule has 0 radical (unpaired) electrons. The van der Waals surface area contributed by atoms with Crippen molar-refractivity contribution in [2.24, 2.45) is 5.92 Å². The van der Waals surface area contributed by atoms with Crippen molar-refractivity contribution in [1.29, 1.82) is 0 Å². The van der Waals surface area contributed by atoms with E-state index >= 15 is 0 Å². The quantitative estimate of drug-likeness (QED) is 0.557. The maximum absolute atomic E-state index is 11.9. The van der Waals surface area contributed by atoms with Crippen LogP contribution in [-0.4, -0.2) is 27.2 Å². The van der Waals surface area contributed by atoms with Crippen molar-refractivity contribution in [2.45, 2.75) is 32.6 Å². The van der Waals surface area contributed by atoms with E-state index in [-0.39, 0.29) is 18.3 Å². The van der Waals surface area contributed by atoms with E-state index in [4.69, 9.17) is 19.9 Å². The van der Waals surface area contributed by atoms with Crippen LogP contribution in [0.5, 0.6) is 0 Å². The second-order valence-electron chi connectivity index (χ2n) is 5.13. The second-order valence-corrected chi connectivity index (χ2v) is 7.88. The van der Waals surface area contributed by atoms with E-state index < -0.39 is 24.8 Å². The topological polar surface area (TPSA) is 117 Å². The van der Waals surface area contributed by atoms with Crippen molar-refractivity contribution >= 4 is 24.9 Å². The Morgan fingerprint density at radius 2 is 2.38 bits per heavy atom. The zero-order chi connectivity index (χ0) is 15.8. The smallest absolute Gasteiger partial charge is 0.383 e. The number of nitrogens with two attached hydrogens (primary N) is 1. The highest BCUT2D eigenvalue weighted by molar-refractivity contribution is 8.44. The highest BCUT2D eigenvalue weighted by Crippen LogP contribution is 2.47. The van der Waals surface area contributed by atoms with E-state index in [9.17, 15) is 9.36 Å². The van der Waals surface area contributed by atoms with Crippen LogP contribution in [0.25, 0.3) is 0 Å². The summed E-state index contributed by atoms with van der Waals surface area (Å²) >= 11 is 3.44. The van der Waals surface area contributed by atoms with Gasteiger partial charge in [0.2, 0.25) is 0 Å². The number of nitrogen functional groups attached to an aromatic ring is 1. The molecule has 21 heavy (non-hydrogen) atoms. The van der Waals surface area contributed by atoms with Gasteiger partial charge in [0, 0.05) is 11.8 Å². The van der Waals surface area contributed by atoms with Gasteiger partial charge in [-0.3, -0.25) is 9.09 Å². The Bertz CT molecular complexity index is 631. The summed E-state index contributed by atoms with van der Waals surface area (Å²) in [5, 5.41) is 0. The van der Waals surface area contributed by atoms with Crippen LogP contribution in [0.15, 0.2) is 11.0 Å². The number of rotatable bonds is 4. The first-order chi connectivity index (χ1) is 9.67. The molecule has 1 aliphatic rings. The molecule has 0 spiro atoms. The molecule has 2 rings (SSSR count). The van der Waals surface area contributed by atoms with Gasteiger partial charge >= 0.3 is 12.5 Å². The third-order valence-electron chi connectivity index (χ3n) is 3.43. The maximum atomic E-state index is 11.9. The third-order valence-corrected chi connectivity index (χ3v) is 4.26. The predicted octanol–water partition coefficient (Wildman–Crippen LogP) is 1.10. The average molecular weight is 335 g/mol. The van der Waals surface area contributed by atoms with Crippen molar-refractivity contribution < 1.29 is 18.7 Å². The number of hydrogen-bond acceptors (Lipinski definition) is 6. The van der Waals surface area contributed by atoms with Gasteiger partial charge in [0.25, 0.3) is 0 Å². The lowest BCUT2D eigenvalue weighted by molar-refractivity contribution is -0.0271. The standard InChI is InChI=1S/C11H18N3O5PS/c1-6-3-9(19-8(6)5-18-20(16,17)21)14-4-7(2)10(12)13-11(14)15/h4,6,8-9H,3,5H2,1-2H3,(H2,12,13,15)(H2,16,17,21)/t6?,8-,9-/m1/s1. The molecular weight excluding hydrogens is 317 g/mol. The first-order valence-electron chi connectivity index (χ1n) is 6.38. The average Bonchev–Trinajstić information content (AvgIpc) is 2.72. The maximum Gasteiger partial charge on any atom is 0.383 e. The Labute approximate surface area is 127 Å². The summed E-state index contributed by atoms with van der Waals surface area (Å²) in [6.07, 6.45) is 1.28. The minimum atomic E-state index is -3.84. The lowest BCUT2D eigenvalue weighted by Crippen LogP contribution is -2.28. The van der Waals surface area contributed by atoms with E-state index in [0.29, 0.717) is 12.0 Å². The molecule has 2 unspecified atom stereocenters. The number of hydrogen-bond donors (Lipinski definition) is 3. The molecule has 0 aromatic carbocycles. The Balaban J connectivity index is 2.12. The van der Waals surface area contributed by atoms with Gasteiger partial charge in [-0.25, -0.2) is 9.36 Å². The summed E-state index contributed by atoms with van der Waals surface area (Å²) < 4.78 is 22.9. The summed E-state index contributed by atoms with van der Waals surface area (Å²) in [6, 6.07) is 0. The fourth-order valence-electron chi connectivity index (χ4n) is 2.20. The van der Waals surface area contributed by atoms with Crippen LogP contribution in [0.2, 0.25) is 0 Å². The molecule has 0 bridgehead atoms. The van der Waals surface area contributed by atoms with E-state index in [2.05, 4.69) is 17.2 Å². The number of thiol groups is 1. The summed E-state index contributed by atoms with van der Waals surface area (Å²) in [6.45, 7) is -0.243. The normalized spacial score (nSPS) is 28.5. The summed E-state index contributed by atoms with van der Waals surface area (Å²) in [7, 11) is 0. The predicted molar refractivity (Wildman–Crippen MR) is 80.1 cm³/mol. The summed E-state index contributed by atoms with van der Waals surface area (Å²) in [5.74, 6) is 0.248. The fraction of sp³-hybridized carbons (Fsp3) is 0.636. The minimum Gasteiger partial charge on any atom is -0.383 e. The van der Waals surface area contributed by atoms with Crippen LogP contribution >= 0.6 is 19.0 Å². The van der Waals surface area contributed by atoms with Gasteiger partial charge in [-0.05, 0) is 19.3 Å². The van der Waals surface area contributed by atoms with Gasteiger partial charge in [0.1, 0.15) is 12.0 Å². The number of aromatic nitrogens is 2.